The lowest BCUT2D eigenvalue weighted by Gasteiger charge is -2.40. The fourth-order valence-corrected chi connectivity index (χ4v) is 1.74. The largest absolute Gasteiger partial charge is 0.394 e. The topological polar surface area (TPSA) is 119 Å². The average molecular weight is 249 g/mol. The molecule has 0 saturated carbocycles. The van der Waals surface area contributed by atoms with Gasteiger partial charge in [0, 0.05) is 6.42 Å². The van der Waals surface area contributed by atoms with Crippen LogP contribution in [0.15, 0.2) is 0 Å². The molecule has 17 heavy (non-hydrogen) atoms. The Balaban J connectivity index is 2.63. The predicted molar refractivity (Wildman–Crippen MR) is 56.8 cm³/mol. The first-order valence-corrected chi connectivity index (χ1v) is 5.61. The van der Waals surface area contributed by atoms with E-state index in [2.05, 4.69) is 5.32 Å². The summed E-state index contributed by atoms with van der Waals surface area (Å²) in [6.07, 6.45) is -4.35. The third-order valence-corrected chi connectivity index (χ3v) is 2.70. The highest BCUT2D eigenvalue weighted by Gasteiger charge is 2.44. The molecule has 0 aliphatic carbocycles. The molecule has 1 saturated heterocycles. The Hall–Kier alpha value is -0.730. The van der Waals surface area contributed by atoms with Gasteiger partial charge in [0.05, 0.1) is 6.61 Å². The monoisotopic (exact) mass is 249 g/mol. The van der Waals surface area contributed by atoms with Gasteiger partial charge in [-0.05, 0) is 6.42 Å². The highest BCUT2D eigenvalue weighted by Crippen LogP contribution is 2.19. The molecule has 1 aliphatic heterocycles. The lowest BCUT2D eigenvalue weighted by atomic mass is 9.97. The van der Waals surface area contributed by atoms with Crippen LogP contribution in [0.25, 0.3) is 0 Å². The van der Waals surface area contributed by atoms with Gasteiger partial charge in [-0.15, -0.1) is 0 Å². The number of rotatable bonds is 4. The van der Waals surface area contributed by atoms with Crippen molar-refractivity contribution in [2.75, 3.05) is 6.61 Å². The number of aliphatic hydroxyl groups is 4. The normalized spacial score (nSPS) is 37.8. The van der Waals surface area contributed by atoms with Crippen molar-refractivity contribution in [2.45, 2.75) is 50.4 Å². The molecular formula is C10H19NO6. The summed E-state index contributed by atoms with van der Waals surface area (Å²) in [7, 11) is 0. The van der Waals surface area contributed by atoms with Gasteiger partial charge in [-0.2, -0.15) is 0 Å². The number of carbonyl (C=O) groups is 1. The summed E-state index contributed by atoms with van der Waals surface area (Å²) in [5.41, 5.74) is 0. The summed E-state index contributed by atoms with van der Waals surface area (Å²) in [6.45, 7) is 1.30. The van der Waals surface area contributed by atoms with Crippen LogP contribution in [0.2, 0.25) is 0 Å². The second-order valence-electron chi connectivity index (χ2n) is 4.07. The highest BCUT2D eigenvalue weighted by molar-refractivity contribution is 5.76. The third-order valence-electron chi connectivity index (χ3n) is 2.70. The van der Waals surface area contributed by atoms with E-state index in [0.29, 0.717) is 6.42 Å². The molecule has 7 nitrogen and oxygen atoms in total. The Kier molecular flexibility index (Phi) is 5.29. The van der Waals surface area contributed by atoms with Gasteiger partial charge in [0.1, 0.15) is 24.4 Å². The number of amides is 1. The minimum absolute atomic E-state index is 0.259. The van der Waals surface area contributed by atoms with E-state index < -0.39 is 37.3 Å². The second-order valence-corrected chi connectivity index (χ2v) is 4.07. The van der Waals surface area contributed by atoms with Crippen molar-refractivity contribution >= 4 is 5.91 Å². The summed E-state index contributed by atoms with van der Waals surface area (Å²) in [4.78, 5) is 11.3. The molecule has 1 heterocycles. The first-order valence-electron chi connectivity index (χ1n) is 5.61. The molecule has 5 N–H and O–H groups in total. The van der Waals surface area contributed by atoms with Gasteiger partial charge in [-0.25, -0.2) is 0 Å². The van der Waals surface area contributed by atoms with E-state index in [0.717, 1.165) is 0 Å². The summed E-state index contributed by atoms with van der Waals surface area (Å²) in [5.74, 6) is -0.339. The Bertz CT molecular complexity index is 261. The standard InChI is InChI=1S/C10H19NO6/c1-2-3-6(13)11-7-9(15)8(14)5(4-12)17-10(7)16/h5,7-10,12,14-16H,2-4H2,1H3,(H,11,13)/t5?,7?,8-,9-,10?/m1/s1. The molecule has 1 aliphatic rings. The summed E-state index contributed by atoms with van der Waals surface area (Å²) in [5, 5.41) is 40.1. The zero-order valence-corrected chi connectivity index (χ0v) is 9.61. The lowest BCUT2D eigenvalue weighted by Crippen LogP contribution is -2.64. The van der Waals surface area contributed by atoms with Crippen LogP contribution in [0.1, 0.15) is 19.8 Å². The third kappa shape index (κ3) is 3.36. The van der Waals surface area contributed by atoms with Crippen molar-refractivity contribution in [1.29, 1.82) is 0 Å². The maximum atomic E-state index is 11.3. The van der Waals surface area contributed by atoms with Gasteiger partial charge in [-0.3, -0.25) is 4.79 Å². The predicted octanol–water partition coefficient (Wildman–Crippen LogP) is -2.30. The van der Waals surface area contributed by atoms with Gasteiger partial charge in [0.2, 0.25) is 5.91 Å². The summed E-state index contributed by atoms with van der Waals surface area (Å²) >= 11 is 0. The minimum atomic E-state index is -1.45. The average Bonchev–Trinajstić information content (AvgIpc) is 2.29. The molecule has 1 amide bonds. The highest BCUT2D eigenvalue weighted by atomic mass is 16.6. The molecule has 0 bridgehead atoms. The van der Waals surface area contributed by atoms with Crippen molar-refractivity contribution < 1.29 is 30.0 Å². The Morgan fingerprint density at radius 2 is 1.94 bits per heavy atom. The first kappa shape index (κ1) is 14.3. The molecule has 0 spiro atoms. The zero-order valence-electron chi connectivity index (χ0n) is 9.61. The first-order chi connectivity index (χ1) is 8.01. The van der Waals surface area contributed by atoms with Crippen LogP contribution >= 0.6 is 0 Å². The number of hydrogen-bond acceptors (Lipinski definition) is 6. The van der Waals surface area contributed by atoms with E-state index in [1.54, 1.807) is 0 Å². The Morgan fingerprint density at radius 1 is 1.29 bits per heavy atom. The second kappa shape index (κ2) is 6.27. The number of hydrogen-bond donors (Lipinski definition) is 5. The molecule has 100 valence electrons. The maximum absolute atomic E-state index is 11.3. The van der Waals surface area contributed by atoms with Gasteiger partial charge in [-0.1, -0.05) is 6.92 Å². The van der Waals surface area contributed by atoms with Gasteiger partial charge >= 0.3 is 0 Å². The number of ether oxygens (including phenoxy) is 1. The molecule has 0 aromatic carbocycles. The number of aliphatic hydroxyl groups excluding tert-OH is 4. The van der Waals surface area contributed by atoms with Crippen LogP contribution in [0.5, 0.6) is 0 Å². The van der Waals surface area contributed by atoms with Crippen molar-refractivity contribution in [3.05, 3.63) is 0 Å². The van der Waals surface area contributed by atoms with Crippen LogP contribution in [-0.4, -0.2) is 63.6 Å². The molecule has 1 fully saturated rings. The number of nitrogens with one attached hydrogen (secondary N) is 1. The fourth-order valence-electron chi connectivity index (χ4n) is 1.74. The van der Waals surface area contributed by atoms with E-state index in [9.17, 15) is 20.1 Å². The Morgan fingerprint density at radius 3 is 2.47 bits per heavy atom. The molecule has 0 radical (unpaired) electrons. The molecule has 5 atom stereocenters. The van der Waals surface area contributed by atoms with E-state index in [1.165, 1.54) is 0 Å². The minimum Gasteiger partial charge on any atom is -0.394 e. The van der Waals surface area contributed by atoms with Crippen LogP contribution < -0.4 is 5.32 Å². The molecule has 7 heteroatoms. The van der Waals surface area contributed by atoms with Gasteiger partial charge in [0.25, 0.3) is 0 Å². The fraction of sp³-hybridized carbons (Fsp3) is 0.900. The molecular weight excluding hydrogens is 230 g/mol. The van der Waals surface area contributed by atoms with E-state index in [1.807, 2.05) is 6.92 Å². The van der Waals surface area contributed by atoms with Crippen LogP contribution in [-0.2, 0) is 9.53 Å². The van der Waals surface area contributed by atoms with Gasteiger partial charge in [0.15, 0.2) is 6.29 Å². The molecule has 1 rings (SSSR count). The maximum Gasteiger partial charge on any atom is 0.220 e. The van der Waals surface area contributed by atoms with E-state index in [4.69, 9.17) is 9.84 Å². The molecule has 0 aromatic rings. The van der Waals surface area contributed by atoms with Crippen LogP contribution in [0.4, 0.5) is 0 Å². The van der Waals surface area contributed by atoms with Crippen LogP contribution in [0, 0.1) is 0 Å². The van der Waals surface area contributed by atoms with Gasteiger partial charge < -0.3 is 30.5 Å². The van der Waals surface area contributed by atoms with Crippen molar-refractivity contribution in [2.24, 2.45) is 0 Å². The van der Waals surface area contributed by atoms with Crippen molar-refractivity contribution in [1.82, 2.24) is 5.32 Å². The SMILES string of the molecule is CCCC(=O)NC1C(O)OC(CO)[C@@H](O)[C@@H]1O. The quantitative estimate of drug-likeness (QED) is 0.382. The van der Waals surface area contributed by atoms with Crippen molar-refractivity contribution in [3.8, 4) is 0 Å². The van der Waals surface area contributed by atoms with Crippen LogP contribution in [0.3, 0.4) is 0 Å². The van der Waals surface area contributed by atoms with E-state index in [-0.39, 0.29) is 12.3 Å². The molecule has 0 aromatic heterocycles. The molecule has 3 unspecified atom stereocenters. The summed E-state index contributed by atoms with van der Waals surface area (Å²) in [6, 6.07) is -1.09. The smallest absolute Gasteiger partial charge is 0.220 e. The van der Waals surface area contributed by atoms with E-state index >= 15 is 0 Å². The zero-order chi connectivity index (χ0) is 13.0. The lowest BCUT2D eigenvalue weighted by molar-refractivity contribution is -0.253. The number of carbonyl (C=O) groups excluding carboxylic acids is 1. The van der Waals surface area contributed by atoms with Crippen molar-refractivity contribution in [3.63, 3.8) is 0 Å². The summed E-state index contributed by atoms with van der Waals surface area (Å²) < 4.78 is 4.89. The Labute approximate surface area is 99.0 Å².